The van der Waals surface area contributed by atoms with Gasteiger partial charge in [0.2, 0.25) is 0 Å². The van der Waals surface area contributed by atoms with Crippen molar-refractivity contribution in [2.24, 2.45) is 0 Å². The van der Waals surface area contributed by atoms with Crippen molar-refractivity contribution in [3.8, 4) is 0 Å². The molecule has 1 fully saturated rings. The van der Waals surface area contributed by atoms with Crippen LogP contribution in [0, 0.1) is 0 Å². The van der Waals surface area contributed by atoms with E-state index in [1.54, 1.807) is 9.80 Å². The van der Waals surface area contributed by atoms with Crippen LogP contribution in [0.15, 0.2) is 30.3 Å². The Labute approximate surface area is 143 Å². The summed E-state index contributed by atoms with van der Waals surface area (Å²) in [5.41, 5.74) is 1.01. The van der Waals surface area contributed by atoms with Gasteiger partial charge in [0.05, 0.1) is 6.61 Å². The second-order valence-electron chi connectivity index (χ2n) is 6.37. The van der Waals surface area contributed by atoms with Gasteiger partial charge in [0.15, 0.2) is 0 Å². The predicted octanol–water partition coefficient (Wildman–Crippen LogP) is 0.560. The molecule has 1 N–H and O–H groups in total. The summed E-state index contributed by atoms with van der Waals surface area (Å²) < 4.78 is 0. The van der Waals surface area contributed by atoms with Crippen LogP contribution in [0.2, 0.25) is 0 Å². The number of rotatable bonds is 5. The van der Waals surface area contributed by atoms with Gasteiger partial charge in [-0.3, -0.25) is 14.5 Å². The molecular formula is C18H27N3O3. The molecule has 0 aromatic heterocycles. The Bertz CT molecular complexity index is 540. The van der Waals surface area contributed by atoms with Gasteiger partial charge in [-0.25, -0.2) is 0 Å². The van der Waals surface area contributed by atoms with Gasteiger partial charge >= 0.3 is 11.8 Å². The fourth-order valence-corrected chi connectivity index (χ4v) is 2.84. The number of hydrogen-bond donors (Lipinski definition) is 1. The summed E-state index contributed by atoms with van der Waals surface area (Å²) >= 11 is 0. The van der Waals surface area contributed by atoms with E-state index in [0.717, 1.165) is 5.56 Å². The molecule has 2 amide bonds. The molecular weight excluding hydrogens is 306 g/mol. The van der Waals surface area contributed by atoms with Crippen LogP contribution in [0.25, 0.3) is 0 Å². The summed E-state index contributed by atoms with van der Waals surface area (Å²) in [5, 5.41) is 8.97. The quantitative estimate of drug-likeness (QED) is 0.800. The van der Waals surface area contributed by atoms with Crippen LogP contribution >= 0.6 is 0 Å². The number of carbonyl (C=O) groups is 2. The number of aliphatic hydroxyl groups excluding tert-OH is 1. The lowest BCUT2D eigenvalue weighted by Gasteiger charge is -2.35. The molecule has 1 aromatic carbocycles. The van der Waals surface area contributed by atoms with Crippen LogP contribution < -0.4 is 0 Å². The van der Waals surface area contributed by atoms with Gasteiger partial charge in [0, 0.05) is 45.3 Å². The van der Waals surface area contributed by atoms with Crippen molar-refractivity contribution in [3.63, 3.8) is 0 Å². The normalized spacial score (nSPS) is 15.6. The van der Waals surface area contributed by atoms with E-state index in [9.17, 15) is 9.59 Å². The summed E-state index contributed by atoms with van der Waals surface area (Å²) in [4.78, 5) is 30.6. The van der Waals surface area contributed by atoms with Crippen molar-refractivity contribution < 1.29 is 14.7 Å². The van der Waals surface area contributed by atoms with E-state index in [4.69, 9.17) is 5.11 Å². The Morgan fingerprint density at radius 3 is 2.29 bits per heavy atom. The summed E-state index contributed by atoms with van der Waals surface area (Å²) in [6.45, 7) is 7.46. The van der Waals surface area contributed by atoms with E-state index in [1.807, 2.05) is 44.2 Å². The second-order valence-corrected chi connectivity index (χ2v) is 6.37. The largest absolute Gasteiger partial charge is 0.395 e. The molecule has 0 saturated carbocycles. The lowest BCUT2D eigenvalue weighted by molar-refractivity contribution is -0.154. The van der Waals surface area contributed by atoms with E-state index in [0.29, 0.717) is 39.3 Å². The molecule has 0 atom stereocenters. The first-order valence-electron chi connectivity index (χ1n) is 8.50. The van der Waals surface area contributed by atoms with Crippen molar-refractivity contribution >= 4 is 11.8 Å². The average Bonchev–Trinajstić information content (AvgIpc) is 2.60. The minimum atomic E-state index is -0.440. The predicted molar refractivity (Wildman–Crippen MR) is 92.2 cm³/mol. The number of hydrogen-bond acceptors (Lipinski definition) is 4. The maximum atomic E-state index is 12.7. The smallest absolute Gasteiger partial charge is 0.312 e. The number of amides is 2. The monoisotopic (exact) mass is 333 g/mol. The molecule has 1 aliphatic heterocycles. The van der Waals surface area contributed by atoms with Crippen molar-refractivity contribution in [1.82, 2.24) is 14.7 Å². The lowest BCUT2D eigenvalue weighted by atomic mass is 10.2. The fraction of sp³-hybridized carbons (Fsp3) is 0.556. The number of aliphatic hydroxyl groups is 1. The Balaban J connectivity index is 1.98. The molecule has 1 heterocycles. The standard InChI is InChI=1S/C18H27N3O3/c1-15(2)21(14-16-6-4-3-5-7-16)18(24)17(23)20-10-8-19(9-11-20)12-13-22/h3-7,15,22H,8-14H2,1-2H3. The van der Waals surface area contributed by atoms with E-state index >= 15 is 0 Å². The van der Waals surface area contributed by atoms with Crippen LogP contribution in [0.5, 0.6) is 0 Å². The Morgan fingerprint density at radius 1 is 1.12 bits per heavy atom. The topological polar surface area (TPSA) is 64.1 Å². The second kappa shape index (κ2) is 8.80. The van der Waals surface area contributed by atoms with Gasteiger partial charge in [0.1, 0.15) is 0 Å². The van der Waals surface area contributed by atoms with Crippen molar-refractivity contribution in [1.29, 1.82) is 0 Å². The van der Waals surface area contributed by atoms with Crippen LogP contribution in [-0.4, -0.2) is 77.0 Å². The third-order valence-electron chi connectivity index (χ3n) is 4.34. The SMILES string of the molecule is CC(C)N(Cc1ccccc1)C(=O)C(=O)N1CCN(CCO)CC1. The molecule has 0 aliphatic carbocycles. The highest BCUT2D eigenvalue weighted by Gasteiger charge is 2.30. The molecule has 6 nitrogen and oxygen atoms in total. The maximum Gasteiger partial charge on any atom is 0.312 e. The molecule has 132 valence electrons. The molecule has 1 saturated heterocycles. The highest BCUT2D eigenvalue weighted by molar-refractivity contribution is 6.35. The summed E-state index contributed by atoms with van der Waals surface area (Å²) in [6.07, 6.45) is 0. The molecule has 1 aliphatic rings. The zero-order valence-electron chi connectivity index (χ0n) is 14.5. The van der Waals surface area contributed by atoms with E-state index in [2.05, 4.69) is 4.90 Å². The van der Waals surface area contributed by atoms with E-state index in [1.165, 1.54) is 0 Å². The van der Waals surface area contributed by atoms with E-state index in [-0.39, 0.29) is 12.6 Å². The zero-order chi connectivity index (χ0) is 17.5. The molecule has 0 spiro atoms. The van der Waals surface area contributed by atoms with Gasteiger partial charge in [0.25, 0.3) is 0 Å². The summed E-state index contributed by atoms with van der Waals surface area (Å²) in [6, 6.07) is 9.67. The molecule has 2 rings (SSSR count). The van der Waals surface area contributed by atoms with Gasteiger partial charge in [-0.05, 0) is 19.4 Å². The Kier molecular flexibility index (Phi) is 6.75. The third-order valence-corrected chi connectivity index (χ3v) is 4.34. The lowest BCUT2D eigenvalue weighted by Crippen LogP contribution is -2.54. The number of nitrogens with zero attached hydrogens (tertiary/aromatic N) is 3. The molecule has 1 aromatic rings. The molecule has 0 bridgehead atoms. The minimum Gasteiger partial charge on any atom is -0.395 e. The third kappa shape index (κ3) is 4.79. The van der Waals surface area contributed by atoms with Crippen LogP contribution in [0.1, 0.15) is 19.4 Å². The Hall–Kier alpha value is -1.92. The number of benzene rings is 1. The first-order chi connectivity index (χ1) is 11.5. The van der Waals surface area contributed by atoms with Gasteiger partial charge in [-0.2, -0.15) is 0 Å². The van der Waals surface area contributed by atoms with Gasteiger partial charge in [-0.15, -0.1) is 0 Å². The average molecular weight is 333 g/mol. The molecule has 0 radical (unpaired) electrons. The molecule has 6 heteroatoms. The van der Waals surface area contributed by atoms with Crippen molar-refractivity contribution in [2.75, 3.05) is 39.3 Å². The zero-order valence-corrected chi connectivity index (χ0v) is 14.5. The summed E-state index contributed by atoms with van der Waals surface area (Å²) in [7, 11) is 0. The van der Waals surface area contributed by atoms with Crippen molar-refractivity contribution in [3.05, 3.63) is 35.9 Å². The van der Waals surface area contributed by atoms with Crippen LogP contribution in [0.4, 0.5) is 0 Å². The maximum absolute atomic E-state index is 12.7. The van der Waals surface area contributed by atoms with Gasteiger partial charge in [-0.1, -0.05) is 30.3 Å². The summed E-state index contributed by atoms with van der Waals surface area (Å²) in [5.74, 6) is -0.868. The fourth-order valence-electron chi connectivity index (χ4n) is 2.84. The van der Waals surface area contributed by atoms with Crippen LogP contribution in [0.3, 0.4) is 0 Å². The van der Waals surface area contributed by atoms with E-state index < -0.39 is 11.8 Å². The number of β-amino-alcohol motifs (C(OH)–C–C–N with tert-alkyl or cyclic N) is 1. The Morgan fingerprint density at radius 2 is 1.75 bits per heavy atom. The highest BCUT2D eigenvalue weighted by Crippen LogP contribution is 2.11. The first-order valence-corrected chi connectivity index (χ1v) is 8.50. The minimum absolute atomic E-state index is 0.0441. The molecule has 24 heavy (non-hydrogen) atoms. The van der Waals surface area contributed by atoms with Gasteiger partial charge < -0.3 is 14.9 Å². The first kappa shape index (κ1) is 18.4. The number of carbonyl (C=O) groups excluding carboxylic acids is 2. The highest BCUT2D eigenvalue weighted by atomic mass is 16.3. The molecule has 0 unspecified atom stereocenters. The number of piperazine rings is 1. The van der Waals surface area contributed by atoms with Crippen molar-refractivity contribution in [2.45, 2.75) is 26.4 Å². The van der Waals surface area contributed by atoms with Crippen LogP contribution in [-0.2, 0) is 16.1 Å².